The van der Waals surface area contributed by atoms with Gasteiger partial charge in [0.05, 0.1) is 11.6 Å². The predicted octanol–water partition coefficient (Wildman–Crippen LogP) is 2.03. The smallest absolute Gasteiger partial charge is 0.254 e. The first-order chi connectivity index (χ1) is 10.7. The van der Waals surface area contributed by atoms with Crippen molar-refractivity contribution in [3.63, 3.8) is 0 Å². The Hall–Kier alpha value is -2.35. The van der Waals surface area contributed by atoms with E-state index in [1.165, 1.54) is 0 Å². The SMILES string of the molecule is CCCCC(=O)N1CCN(C(=O)c2cccc(C#N)c2)CC1. The summed E-state index contributed by atoms with van der Waals surface area (Å²) in [5.74, 6) is 0.109. The highest BCUT2D eigenvalue weighted by Gasteiger charge is 2.24. The zero-order chi connectivity index (χ0) is 15.9. The van der Waals surface area contributed by atoms with Crippen LogP contribution in [0.15, 0.2) is 24.3 Å². The lowest BCUT2D eigenvalue weighted by Crippen LogP contribution is -2.50. The first kappa shape index (κ1) is 16.0. The largest absolute Gasteiger partial charge is 0.339 e. The van der Waals surface area contributed by atoms with Crippen molar-refractivity contribution < 1.29 is 9.59 Å². The van der Waals surface area contributed by atoms with Gasteiger partial charge in [0.1, 0.15) is 0 Å². The van der Waals surface area contributed by atoms with E-state index in [-0.39, 0.29) is 11.8 Å². The average molecular weight is 299 g/mol. The number of piperazine rings is 1. The Balaban J connectivity index is 1.92. The monoisotopic (exact) mass is 299 g/mol. The van der Waals surface area contributed by atoms with Crippen molar-refractivity contribution in [3.8, 4) is 6.07 Å². The normalized spacial score (nSPS) is 14.5. The topological polar surface area (TPSA) is 64.4 Å². The summed E-state index contributed by atoms with van der Waals surface area (Å²) in [6.07, 6.45) is 2.52. The molecule has 0 aliphatic carbocycles. The molecule has 0 unspecified atom stereocenters. The number of nitriles is 1. The molecule has 1 fully saturated rings. The minimum atomic E-state index is -0.0715. The second-order valence-corrected chi connectivity index (χ2v) is 5.47. The molecule has 0 spiro atoms. The van der Waals surface area contributed by atoms with E-state index < -0.39 is 0 Å². The van der Waals surface area contributed by atoms with Crippen molar-refractivity contribution in [2.45, 2.75) is 26.2 Å². The number of nitrogens with zero attached hydrogens (tertiary/aromatic N) is 3. The minimum Gasteiger partial charge on any atom is -0.339 e. The molecule has 2 amide bonds. The second-order valence-electron chi connectivity index (χ2n) is 5.47. The summed E-state index contributed by atoms with van der Waals surface area (Å²) in [6.45, 7) is 4.35. The summed E-state index contributed by atoms with van der Waals surface area (Å²) in [6, 6.07) is 8.78. The number of amides is 2. The van der Waals surface area contributed by atoms with Crippen molar-refractivity contribution in [1.29, 1.82) is 5.26 Å². The highest BCUT2D eigenvalue weighted by atomic mass is 16.2. The third kappa shape index (κ3) is 3.85. The van der Waals surface area contributed by atoms with Gasteiger partial charge in [0.25, 0.3) is 5.91 Å². The van der Waals surface area contributed by atoms with E-state index >= 15 is 0 Å². The summed E-state index contributed by atoms with van der Waals surface area (Å²) in [5.41, 5.74) is 1.02. The van der Waals surface area contributed by atoms with E-state index in [4.69, 9.17) is 5.26 Å². The fourth-order valence-corrected chi connectivity index (χ4v) is 2.55. The number of carbonyl (C=O) groups is 2. The molecule has 0 saturated carbocycles. The standard InChI is InChI=1S/C17H21N3O2/c1-2-3-7-16(21)19-8-10-20(11-9-19)17(22)15-6-4-5-14(12-15)13-18/h4-6,12H,2-3,7-11H2,1H3. The van der Waals surface area contributed by atoms with Crippen LogP contribution in [-0.2, 0) is 4.79 Å². The molecule has 0 radical (unpaired) electrons. The van der Waals surface area contributed by atoms with Crippen molar-refractivity contribution in [2.24, 2.45) is 0 Å². The molecule has 5 heteroatoms. The number of unbranched alkanes of at least 4 members (excludes halogenated alkanes) is 1. The van der Waals surface area contributed by atoms with E-state index in [1.807, 2.05) is 11.0 Å². The fraction of sp³-hybridized carbons (Fsp3) is 0.471. The highest BCUT2D eigenvalue weighted by Crippen LogP contribution is 2.12. The third-order valence-corrected chi connectivity index (χ3v) is 3.90. The molecule has 0 N–H and O–H groups in total. The lowest BCUT2D eigenvalue weighted by Gasteiger charge is -2.35. The van der Waals surface area contributed by atoms with Gasteiger partial charge in [-0.3, -0.25) is 9.59 Å². The molecule has 22 heavy (non-hydrogen) atoms. The molecule has 1 heterocycles. The first-order valence-electron chi connectivity index (χ1n) is 7.73. The molecule has 116 valence electrons. The van der Waals surface area contributed by atoms with Gasteiger partial charge >= 0.3 is 0 Å². The van der Waals surface area contributed by atoms with E-state index in [1.54, 1.807) is 29.2 Å². The van der Waals surface area contributed by atoms with Crippen LogP contribution in [0, 0.1) is 11.3 Å². The van der Waals surface area contributed by atoms with Gasteiger partial charge in [-0.2, -0.15) is 5.26 Å². The summed E-state index contributed by atoms with van der Waals surface area (Å²) in [5, 5.41) is 8.90. The van der Waals surface area contributed by atoms with Crippen molar-refractivity contribution in [3.05, 3.63) is 35.4 Å². The quantitative estimate of drug-likeness (QED) is 0.854. The molecule has 0 bridgehead atoms. The number of rotatable bonds is 4. The molecule has 5 nitrogen and oxygen atoms in total. The summed E-state index contributed by atoms with van der Waals surface area (Å²) >= 11 is 0. The molecule has 0 aromatic heterocycles. The molecule has 1 aliphatic heterocycles. The van der Waals surface area contributed by atoms with Crippen LogP contribution < -0.4 is 0 Å². The van der Waals surface area contributed by atoms with Crippen molar-refractivity contribution >= 4 is 11.8 Å². The van der Waals surface area contributed by atoms with Gasteiger partial charge in [0, 0.05) is 38.2 Å². The van der Waals surface area contributed by atoms with Gasteiger partial charge in [-0.15, -0.1) is 0 Å². The molecular weight excluding hydrogens is 278 g/mol. The van der Waals surface area contributed by atoms with Crippen LogP contribution in [0.3, 0.4) is 0 Å². The number of benzene rings is 1. The minimum absolute atomic E-state index is 0.0715. The van der Waals surface area contributed by atoms with Gasteiger partial charge in [-0.05, 0) is 24.6 Å². The van der Waals surface area contributed by atoms with Crippen LogP contribution in [0.5, 0.6) is 0 Å². The Kier molecular flexibility index (Phi) is 5.54. The zero-order valence-electron chi connectivity index (χ0n) is 12.9. The summed E-state index contributed by atoms with van der Waals surface area (Å²) in [7, 11) is 0. The summed E-state index contributed by atoms with van der Waals surface area (Å²) < 4.78 is 0. The van der Waals surface area contributed by atoms with Crippen molar-refractivity contribution in [2.75, 3.05) is 26.2 Å². The Bertz CT molecular complexity index is 584. The van der Waals surface area contributed by atoms with E-state index in [0.717, 1.165) is 12.8 Å². The molecule has 1 aliphatic rings. The molecule has 2 rings (SSSR count). The van der Waals surface area contributed by atoms with Crippen LogP contribution in [0.2, 0.25) is 0 Å². The predicted molar refractivity (Wildman–Crippen MR) is 83.2 cm³/mol. The molecule has 0 atom stereocenters. The maximum atomic E-state index is 12.4. The first-order valence-corrected chi connectivity index (χ1v) is 7.73. The number of hydrogen-bond donors (Lipinski definition) is 0. The van der Waals surface area contributed by atoms with E-state index in [2.05, 4.69) is 6.92 Å². The van der Waals surface area contributed by atoms with Gasteiger partial charge < -0.3 is 9.80 Å². The maximum absolute atomic E-state index is 12.4. The van der Waals surface area contributed by atoms with Crippen LogP contribution >= 0.6 is 0 Å². The molecule has 1 aromatic carbocycles. The highest BCUT2D eigenvalue weighted by molar-refractivity contribution is 5.94. The zero-order valence-corrected chi connectivity index (χ0v) is 12.9. The molecule has 1 aromatic rings. The maximum Gasteiger partial charge on any atom is 0.254 e. The third-order valence-electron chi connectivity index (χ3n) is 3.90. The Morgan fingerprint density at radius 3 is 2.50 bits per heavy atom. The summed E-state index contributed by atoms with van der Waals surface area (Å²) in [4.78, 5) is 28.0. The van der Waals surface area contributed by atoms with Gasteiger partial charge in [-0.1, -0.05) is 19.4 Å². The Morgan fingerprint density at radius 1 is 1.18 bits per heavy atom. The van der Waals surface area contributed by atoms with Gasteiger partial charge in [0.15, 0.2) is 0 Å². The van der Waals surface area contributed by atoms with Crippen LogP contribution in [0.1, 0.15) is 42.1 Å². The van der Waals surface area contributed by atoms with E-state index in [9.17, 15) is 9.59 Å². The Labute approximate surface area is 131 Å². The number of hydrogen-bond acceptors (Lipinski definition) is 3. The Morgan fingerprint density at radius 2 is 1.86 bits per heavy atom. The van der Waals surface area contributed by atoms with E-state index in [0.29, 0.717) is 43.7 Å². The molecule has 1 saturated heterocycles. The van der Waals surface area contributed by atoms with Crippen LogP contribution in [0.4, 0.5) is 0 Å². The van der Waals surface area contributed by atoms with Crippen LogP contribution in [-0.4, -0.2) is 47.8 Å². The second kappa shape index (κ2) is 7.60. The van der Waals surface area contributed by atoms with Gasteiger partial charge in [0.2, 0.25) is 5.91 Å². The van der Waals surface area contributed by atoms with Crippen molar-refractivity contribution in [1.82, 2.24) is 9.80 Å². The molecular formula is C17H21N3O2. The number of carbonyl (C=O) groups excluding carboxylic acids is 2. The lowest BCUT2D eigenvalue weighted by molar-refractivity contribution is -0.132. The van der Waals surface area contributed by atoms with Crippen LogP contribution in [0.25, 0.3) is 0 Å². The fourth-order valence-electron chi connectivity index (χ4n) is 2.55. The average Bonchev–Trinajstić information content (AvgIpc) is 2.59. The van der Waals surface area contributed by atoms with Gasteiger partial charge in [-0.25, -0.2) is 0 Å². The lowest BCUT2D eigenvalue weighted by atomic mass is 10.1.